The van der Waals surface area contributed by atoms with Crippen molar-refractivity contribution in [2.75, 3.05) is 13.7 Å². The third-order valence-electron chi connectivity index (χ3n) is 3.29. The van der Waals surface area contributed by atoms with Crippen LogP contribution in [0.4, 0.5) is 0 Å². The van der Waals surface area contributed by atoms with Crippen LogP contribution in [0.5, 0.6) is 5.75 Å². The van der Waals surface area contributed by atoms with Crippen molar-refractivity contribution in [1.29, 1.82) is 0 Å². The second kappa shape index (κ2) is 8.53. The highest BCUT2D eigenvalue weighted by Crippen LogP contribution is 2.23. The minimum atomic E-state index is 0.233. The molecule has 1 N–H and O–H groups in total. The Labute approximate surface area is 128 Å². The molecule has 1 rings (SSSR count). The third kappa shape index (κ3) is 7.16. The fraction of sp³-hybridized carbons (Fsp3) is 0.647. The fourth-order valence-electron chi connectivity index (χ4n) is 2.12. The van der Waals surface area contributed by atoms with Crippen LogP contribution in [0.15, 0.2) is 18.2 Å². The molecule has 0 aliphatic carbocycles. The molecule has 0 atom stereocenters. The predicted molar refractivity (Wildman–Crippen MR) is 87.9 cm³/mol. The molecule has 0 heterocycles. The molecular weight excluding hydrogens is 270 g/mol. The highest BCUT2D eigenvalue weighted by molar-refractivity contribution is 6.31. The number of rotatable bonds is 8. The van der Waals surface area contributed by atoms with Gasteiger partial charge in [-0.3, -0.25) is 0 Å². The first kappa shape index (κ1) is 17.3. The van der Waals surface area contributed by atoms with Crippen LogP contribution in [-0.2, 0) is 6.42 Å². The summed E-state index contributed by atoms with van der Waals surface area (Å²) in [7, 11) is 1.66. The van der Waals surface area contributed by atoms with E-state index in [9.17, 15) is 0 Å². The van der Waals surface area contributed by atoms with E-state index >= 15 is 0 Å². The van der Waals surface area contributed by atoms with Gasteiger partial charge in [-0.15, -0.1) is 0 Å². The van der Waals surface area contributed by atoms with Gasteiger partial charge in [0, 0.05) is 10.6 Å². The number of aryl methyl sites for hydroxylation is 1. The first-order valence-electron chi connectivity index (χ1n) is 7.50. The van der Waals surface area contributed by atoms with Gasteiger partial charge in [-0.25, -0.2) is 0 Å². The fourth-order valence-corrected chi connectivity index (χ4v) is 2.38. The van der Waals surface area contributed by atoms with Crippen LogP contribution in [0.2, 0.25) is 5.02 Å². The Hall–Kier alpha value is -0.730. The largest absolute Gasteiger partial charge is 0.497 e. The van der Waals surface area contributed by atoms with Crippen LogP contribution in [0.3, 0.4) is 0 Å². The van der Waals surface area contributed by atoms with Gasteiger partial charge in [0.15, 0.2) is 0 Å². The van der Waals surface area contributed by atoms with Crippen LogP contribution in [0.25, 0.3) is 0 Å². The van der Waals surface area contributed by atoms with Gasteiger partial charge < -0.3 is 10.1 Å². The molecule has 1 aromatic carbocycles. The van der Waals surface area contributed by atoms with E-state index in [-0.39, 0.29) is 5.54 Å². The molecule has 114 valence electrons. The molecule has 0 radical (unpaired) electrons. The van der Waals surface area contributed by atoms with Gasteiger partial charge in [0.25, 0.3) is 0 Å². The minimum Gasteiger partial charge on any atom is -0.497 e. The summed E-state index contributed by atoms with van der Waals surface area (Å²) in [5, 5.41) is 4.34. The van der Waals surface area contributed by atoms with Gasteiger partial charge >= 0.3 is 0 Å². The van der Waals surface area contributed by atoms with Crippen molar-refractivity contribution < 1.29 is 4.74 Å². The summed E-state index contributed by atoms with van der Waals surface area (Å²) in [5.74, 6) is 0.826. The Morgan fingerprint density at radius 2 is 1.80 bits per heavy atom. The standard InChI is InChI=1S/C17H28ClNO/c1-17(2,3)19-12-8-6-5-7-9-14-10-11-15(20-4)13-16(14)18/h10-11,13,19H,5-9,12H2,1-4H3. The monoisotopic (exact) mass is 297 g/mol. The van der Waals surface area contributed by atoms with Crippen molar-refractivity contribution >= 4 is 11.6 Å². The van der Waals surface area contributed by atoms with Gasteiger partial charge in [-0.2, -0.15) is 0 Å². The normalized spacial score (nSPS) is 11.7. The zero-order valence-electron chi connectivity index (χ0n) is 13.3. The summed E-state index contributed by atoms with van der Waals surface area (Å²) in [6.45, 7) is 7.73. The maximum absolute atomic E-state index is 6.23. The van der Waals surface area contributed by atoms with Gasteiger partial charge in [0.05, 0.1) is 7.11 Å². The minimum absolute atomic E-state index is 0.233. The first-order chi connectivity index (χ1) is 9.42. The number of ether oxygens (including phenoxy) is 1. The van der Waals surface area contributed by atoms with E-state index in [1.54, 1.807) is 7.11 Å². The lowest BCUT2D eigenvalue weighted by atomic mass is 10.1. The lowest BCUT2D eigenvalue weighted by Gasteiger charge is -2.20. The zero-order chi connectivity index (χ0) is 15.0. The summed E-state index contributed by atoms with van der Waals surface area (Å²) in [4.78, 5) is 0. The van der Waals surface area contributed by atoms with Gasteiger partial charge in [-0.05, 0) is 64.3 Å². The number of hydrogen-bond donors (Lipinski definition) is 1. The van der Waals surface area contributed by atoms with Crippen LogP contribution in [-0.4, -0.2) is 19.2 Å². The molecule has 0 saturated heterocycles. The van der Waals surface area contributed by atoms with E-state index in [1.807, 2.05) is 12.1 Å². The van der Waals surface area contributed by atoms with Crippen molar-refractivity contribution in [3.05, 3.63) is 28.8 Å². The van der Waals surface area contributed by atoms with Crippen LogP contribution in [0.1, 0.15) is 52.0 Å². The number of methoxy groups -OCH3 is 1. The Kier molecular flexibility index (Phi) is 7.39. The van der Waals surface area contributed by atoms with Crippen molar-refractivity contribution in [2.45, 2.75) is 58.4 Å². The Morgan fingerprint density at radius 3 is 2.40 bits per heavy atom. The molecule has 0 spiro atoms. The number of halogens is 1. The maximum Gasteiger partial charge on any atom is 0.120 e. The number of nitrogens with one attached hydrogen (secondary N) is 1. The zero-order valence-corrected chi connectivity index (χ0v) is 14.0. The van der Waals surface area contributed by atoms with Crippen LogP contribution in [0, 0.1) is 0 Å². The summed E-state index contributed by atoms with van der Waals surface area (Å²) < 4.78 is 5.16. The maximum atomic E-state index is 6.23. The molecule has 2 nitrogen and oxygen atoms in total. The van der Waals surface area contributed by atoms with E-state index in [2.05, 4.69) is 32.2 Å². The summed E-state index contributed by atoms with van der Waals surface area (Å²) in [6, 6.07) is 5.95. The van der Waals surface area contributed by atoms with Crippen molar-refractivity contribution in [3.63, 3.8) is 0 Å². The SMILES string of the molecule is COc1ccc(CCCCCCNC(C)(C)C)c(Cl)c1. The van der Waals surface area contributed by atoms with E-state index in [4.69, 9.17) is 16.3 Å². The average molecular weight is 298 g/mol. The predicted octanol–water partition coefficient (Wildman–Crippen LogP) is 4.84. The molecule has 0 unspecified atom stereocenters. The number of benzene rings is 1. The van der Waals surface area contributed by atoms with Crippen molar-refractivity contribution in [3.8, 4) is 5.75 Å². The van der Waals surface area contributed by atoms with Crippen LogP contribution < -0.4 is 10.1 Å². The summed E-state index contributed by atoms with van der Waals surface area (Å²) in [6.07, 6.45) is 6.02. The molecule has 0 aliphatic rings. The number of hydrogen-bond acceptors (Lipinski definition) is 2. The lowest BCUT2D eigenvalue weighted by molar-refractivity contribution is 0.414. The molecule has 1 aromatic rings. The average Bonchev–Trinajstić information content (AvgIpc) is 2.37. The van der Waals surface area contributed by atoms with E-state index in [0.717, 1.165) is 23.7 Å². The molecule has 0 aromatic heterocycles. The highest BCUT2D eigenvalue weighted by Gasteiger charge is 2.07. The van der Waals surface area contributed by atoms with E-state index in [1.165, 1.54) is 31.2 Å². The molecule has 0 amide bonds. The van der Waals surface area contributed by atoms with E-state index in [0.29, 0.717) is 0 Å². The third-order valence-corrected chi connectivity index (χ3v) is 3.64. The Balaban J connectivity index is 2.15. The molecule has 0 fully saturated rings. The summed E-state index contributed by atoms with van der Waals surface area (Å²) in [5.41, 5.74) is 1.46. The molecule has 0 saturated carbocycles. The molecule has 3 heteroatoms. The molecule has 20 heavy (non-hydrogen) atoms. The molecular formula is C17H28ClNO. The smallest absolute Gasteiger partial charge is 0.120 e. The topological polar surface area (TPSA) is 21.3 Å². The lowest BCUT2D eigenvalue weighted by Crippen LogP contribution is -2.36. The van der Waals surface area contributed by atoms with Crippen molar-refractivity contribution in [1.82, 2.24) is 5.32 Å². The second-order valence-corrected chi connectivity index (χ2v) is 6.71. The van der Waals surface area contributed by atoms with Gasteiger partial charge in [0.1, 0.15) is 5.75 Å². The highest BCUT2D eigenvalue weighted by atomic mass is 35.5. The van der Waals surface area contributed by atoms with E-state index < -0.39 is 0 Å². The van der Waals surface area contributed by atoms with Crippen molar-refractivity contribution in [2.24, 2.45) is 0 Å². The molecule has 0 bridgehead atoms. The summed E-state index contributed by atoms with van der Waals surface area (Å²) >= 11 is 6.23. The quantitative estimate of drug-likeness (QED) is 0.693. The number of unbranched alkanes of at least 4 members (excludes halogenated alkanes) is 3. The Morgan fingerprint density at radius 1 is 1.10 bits per heavy atom. The van der Waals surface area contributed by atoms with Crippen LogP contribution >= 0.6 is 11.6 Å². The molecule has 0 aliphatic heterocycles. The second-order valence-electron chi connectivity index (χ2n) is 6.30. The Bertz CT molecular complexity index is 398. The van der Waals surface area contributed by atoms with Gasteiger partial charge in [0.2, 0.25) is 0 Å². The first-order valence-corrected chi connectivity index (χ1v) is 7.87. The van der Waals surface area contributed by atoms with Gasteiger partial charge in [-0.1, -0.05) is 30.5 Å².